The first kappa shape index (κ1) is 45.2. The Balaban J connectivity index is 3.20. The second-order valence-electron chi connectivity index (χ2n) is 13.7. The fourth-order valence-corrected chi connectivity index (χ4v) is 6.06. The molecule has 0 aromatic carbocycles. The summed E-state index contributed by atoms with van der Waals surface area (Å²) >= 11 is 0. The second kappa shape index (κ2) is 40.3. The molecule has 0 radical (unpaired) electrons. The standard InChI is InChI=1S/C43H78O4/c1-2-3-4-5-6-7-8-9-18-22-25-28-31-34-37-40-43(46)47-41-38-35-32-29-26-23-20-17-15-13-11-10-12-14-16-19-21-24-27-30-33-36-39-42(44)45/h3-4,6-7,9,18H,2,5,8,10-17,19-41H2,1H3,(H,44,45)/b4-3-,7-6-,18-9-. The Bertz CT molecular complexity index is 738. The van der Waals surface area contributed by atoms with E-state index in [1.165, 1.54) is 141 Å². The lowest BCUT2D eigenvalue weighted by Crippen LogP contribution is -2.05. The minimum Gasteiger partial charge on any atom is -0.481 e. The van der Waals surface area contributed by atoms with Crippen molar-refractivity contribution in [2.45, 2.75) is 219 Å². The average molecular weight is 659 g/mol. The number of unbranched alkanes of at least 4 members (excludes halogenated alkanes) is 26. The van der Waals surface area contributed by atoms with Crippen molar-refractivity contribution >= 4 is 11.9 Å². The van der Waals surface area contributed by atoms with E-state index in [4.69, 9.17) is 9.84 Å². The molecule has 0 aliphatic heterocycles. The highest BCUT2D eigenvalue weighted by molar-refractivity contribution is 5.69. The smallest absolute Gasteiger partial charge is 0.305 e. The van der Waals surface area contributed by atoms with Crippen LogP contribution < -0.4 is 0 Å². The number of carboxylic acids is 1. The summed E-state index contributed by atoms with van der Waals surface area (Å²) in [7, 11) is 0. The fraction of sp³-hybridized carbons (Fsp3) is 0.814. The Morgan fingerprint density at radius 3 is 1.19 bits per heavy atom. The summed E-state index contributed by atoms with van der Waals surface area (Å²) in [5.74, 6) is -0.661. The number of allylic oxidation sites excluding steroid dienone is 6. The largest absolute Gasteiger partial charge is 0.481 e. The van der Waals surface area contributed by atoms with Gasteiger partial charge in [0, 0.05) is 12.8 Å². The zero-order valence-corrected chi connectivity index (χ0v) is 31.2. The van der Waals surface area contributed by atoms with Gasteiger partial charge in [0.1, 0.15) is 0 Å². The zero-order valence-electron chi connectivity index (χ0n) is 31.2. The molecule has 4 nitrogen and oxygen atoms in total. The number of esters is 1. The maximum atomic E-state index is 12.0. The normalized spacial score (nSPS) is 11.9. The predicted molar refractivity (Wildman–Crippen MR) is 204 cm³/mol. The number of ether oxygens (including phenoxy) is 1. The third-order valence-electron chi connectivity index (χ3n) is 9.08. The first-order valence-corrected chi connectivity index (χ1v) is 20.5. The van der Waals surface area contributed by atoms with E-state index in [9.17, 15) is 9.59 Å². The number of aliphatic carboxylic acids is 1. The molecule has 1 N–H and O–H groups in total. The van der Waals surface area contributed by atoms with Crippen molar-refractivity contribution in [3.8, 4) is 0 Å². The van der Waals surface area contributed by atoms with Crippen LogP contribution >= 0.6 is 0 Å². The maximum Gasteiger partial charge on any atom is 0.305 e. The molecule has 0 atom stereocenters. The monoisotopic (exact) mass is 659 g/mol. The molecule has 0 aliphatic rings. The zero-order chi connectivity index (χ0) is 34.1. The molecule has 0 heterocycles. The van der Waals surface area contributed by atoms with Gasteiger partial charge < -0.3 is 9.84 Å². The Morgan fingerprint density at radius 2 is 0.766 bits per heavy atom. The fourth-order valence-electron chi connectivity index (χ4n) is 6.06. The summed E-state index contributed by atoms with van der Waals surface area (Å²) in [6, 6.07) is 0. The number of rotatable bonds is 38. The van der Waals surface area contributed by atoms with Gasteiger partial charge in [-0.2, -0.15) is 0 Å². The van der Waals surface area contributed by atoms with E-state index in [1.807, 2.05) is 0 Å². The van der Waals surface area contributed by atoms with Crippen molar-refractivity contribution in [3.05, 3.63) is 36.5 Å². The Labute approximate surface area is 292 Å². The van der Waals surface area contributed by atoms with E-state index in [-0.39, 0.29) is 5.97 Å². The molecule has 0 aromatic heterocycles. The molecule has 0 bridgehead atoms. The summed E-state index contributed by atoms with van der Waals surface area (Å²) < 4.78 is 5.44. The summed E-state index contributed by atoms with van der Waals surface area (Å²) in [6.45, 7) is 2.77. The molecular formula is C43H78O4. The Kier molecular flexibility index (Phi) is 38.8. The van der Waals surface area contributed by atoms with Gasteiger partial charge in [-0.25, -0.2) is 0 Å². The molecule has 0 unspecified atom stereocenters. The van der Waals surface area contributed by atoms with Gasteiger partial charge in [-0.05, 0) is 51.4 Å². The van der Waals surface area contributed by atoms with Gasteiger partial charge in [0.05, 0.1) is 6.61 Å². The van der Waals surface area contributed by atoms with Crippen molar-refractivity contribution in [3.63, 3.8) is 0 Å². The van der Waals surface area contributed by atoms with Crippen molar-refractivity contribution in [1.82, 2.24) is 0 Å². The molecule has 0 aromatic rings. The molecule has 274 valence electrons. The van der Waals surface area contributed by atoms with Crippen molar-refractivity contribution in [2.75, 3.05) is 6.61 Å². The van der Waals surface area contributed by atoms with E-state index in [0.29, 0.717) is 19.4 Å². The van der Waals surface area contributed by atoms with Crippen LogP contribution in [0.1, 0.15) is 219 Å². The lowest BCUT2D eigenvalue weighted by atomic mass is 10.0. The molecule has 0 spiro atoms. The van der Waals surface area contributed by atoms with Crippen LogP contribution in [-0.4, -0.2) is 23.7 Å². The van der Waals surface area contributed by atoms with Crippen molar-refractivity contribution in [1.29, 1.82) is 0 Å². The molecule has 4 heteroatoms. The highest BCUT2D eigenvalue weighted by atomic mass is 16.5. The van der Waals surface area contributed by atoms with E-state index >= 15 is 0 Å². The molecular weight excluding hydrogens is 580 g/mol. The van der Waals surface area contributed by atoms with E-state index < -0.39 is 5.97 Å². The summed E-state index contributed by atoms with van der Waals surface area (Å²) in [4.78, 5) is 22.5. The van der Waals surface area contributed by atoms with Gasteiger partial charge in [0.2, 0.25) is 0 Å². The highest BCUT2D eigenvalue weighted by Gasteiger charge is 2.03. The summed E-state index contributed by atoms with van der Waals surface area (Å²) in [5, 5.41) is 8.64. The molecule has 0 amide bonds. The summed E-state index contributed by atoms with van der Waals surface area (Å²) in [6.07, 6.45) is 53.2. The van der Waals surface area contributed by atoms with E-state index in [1.54, 1.807) is 0 Å². The van der Waals surface area contributed by atoms with Crippen molar-refractivity contribution in [2.24, 2.45) is 0 Å². The number of hydrogen-bond acceptors (Lipinski definition) is 3. The second-order valence-corrected chi connectivity index (χ2v) is 13.7. The average Bonchev–Trinajstić information content (AvgIpc) is 3.06. The molecule has 0 fully saturated rings. The SMILES string of the molecule is CC/C=C\C/C=C\C/C=C\CCCCCCCC(=O)OCCCCCCCCCCCCCCCCCCCCCCCCC(=O)O. The van der Waals surface area contributed by atoms with Gasteiger partial charge in [-0.15, -0.1) is 0 Å². The number of carbonyl (C=O) groups is 2. The molecule has 47 heavy (non-hydrogen) atoms. The predicted octanol–water partition coefficient (Wildman–Crippen LogP) is 14.2. The third kappa shape index (κ3) is 42.1. The van der Waals surface area contributed by atoms with Gasteiger partial charge in [-0.1, -0.05) is 191 Å². The van der Waals surface area contributed by atoms with Crippen LogP contribution in [0, 0.1) is 0 Å². The molecule has 0 saturated carbocycles. The molecule has 0 aliphatic carbocycles. The number of hydrogen-bond donors (Lipinski definition) is 1. The molecule has 0 saturated heterocycles. The van der Waals surface area contributed by atoms with Gasteiger partial charge >= 0.3 is 11.9 Å². The third-order valence-corrected chi connectivity index (χ3v) is 9.08. The van der Waals surface area contributed by atoms with Gasteiger partial charge in [0.15, 0.2) is 0 Å². The first-order valence-electron chi connectivity index (χ1n) is 20.5. The van der Waals surface area contributed by atoms with Crippen LogP contribution in [0.2, 0.25) is 0 Å². The minimum atomic E-state index is -0.659. The van der Waals surface area contributed by atoms with Crippen LogP contribution in [0.4, 0.5) is 0 Å². The van der Waals surface area contributed by atoms with Gasteiger partial charge in [0.25, 0.3) is 0 Å². The van der Waals surface area contributed by atoms with Crippen molar-refractivity contribution < 1.29 is 19.4 Å². The van der Waals surface area contributed by atoms with E-state index in [2.05, 4.69) is 43.4 Å². The quantitative estimate of drug-likeness (QED) is 0.0407. The summed E-state index contributed by atoms with van der Waals surface area (Å²) in [5.41, 5.74) is 0. The first-order chi connectivity index (χ1) is 23.2. The van der Waals surface area contributed by atoms with Gasteiger partial charge in [-0.3, -0.25) is 9.59 Å². The maximum absolute atomic E-state index is 12.0. The number of carboxylic acid groups (broad SMARTS) is 1. The number of carbonyl (C=O) groups excluding carboxylic acids is 1. The minimum absolute atomic E-state index is 0.00264. The van der Waals surface area contributed by atoms with Crippen LogP contribution in [0.5, 0.6) is 0 Å². The van der Waals surface area contributed by atoms with Crippen LogP contribution in [0.3, 0.4) is 0 Å². The lowest BCUT2D eigenvalue weighted by molar-refractivity contribution is -0.144. The Morgan fingerprint density at radius 1 is 0.426 bits per heavy atom. The van der Waals surface area contributed by atoms with Crippen LogP contribution in [-0.2, 0) is 14.3 Å². The lowest BCUT2D eigenvalue weighted by Gasteiger charge is -2.06. The van der Waals surface area contributed by atoms with Crippen LogP contribution in [0.15, 0.2) is 36.5 Å². The van der Waals surface area contributed by atoms with E-state index in [0.717, 1.165) is 57.8 Å². The molecule has 0 rings (SSSR count). The Hall–Kier alpha value is -1.84. The topological polar surface area (TPSA) is 63.6 Å². The van der Waals surface area contributed by atoms with Crippen LogP contribution in [0.25, 0.3) is 0 Å². The highest BCUT2D eigenvalue weighted by Crippen LogP contribution is 2.16.